The smallest absolute Gasteiger partial charge is 0.435 e. The summed E-state index contributed by atoms with van der Waals surface area (Å²) in [6.45, 7) is 0.663. The number of thiazole rings is 1. The van der Waals surface area contributed by atoms with Crippen molar-refractivity contribution in [2.24, 2.45) is 0 Å². The van der Waals surface area contributed by atoms with Gasteiger partial charge in [-0.25, -0.2) is 4.98 Å². The van der Waals surface area contributed by atoms with Crippen molar-refractivity contribution in [2.45, 2.75) is 6.18 Å². The number of aromatic nitrogens is 1. The zero-order valence-electron chi connectivity index (χ0n) is 15.6. The molecule has 1 aliphatic rings. The number of carbonyl (C=O) groups is 2. The SMILES string of the molecule is O=C(c1ccco1)N1CCN(C(=O)c2sc(-c3ccccc3)nc2C(F)(F)F)CC1. The molecule has 0 saturated carbocycles. The van der Waals surface area contributed by atoms with Crippen molar-refractivity contribution in [3.63, 3.8) is 0 Å². The molecule has 1 aromatic carbocycles. The topological polar surface area (TPSA) is 66.7 Å². The Kier molecular flexibility index (Phi) is 5.33. The Morgan fingerprint density at radius 1 is 0.933 bits per heavy atom. The molecular formula is C20H16F3N3O3S. The fraction of sp³-hybridized carbons (Fsp3) is 0.250. The lowest BCUT2D eigenvalue weighted by molar-refractivity contribution is -0.141. The first kappa shape index (κ1) is 20.1. The number of alkyl halides is 3. The molecule has 0 radical (unpaired) electrons. The Bertz CT molecular complexity index is 1040. The van der Waals surface area contributed by atoms with E-state index in [2.05, 4.69) is 4.98 Å². The van der Waals surface area contributed by atoms with E-state index < -0.39 is 22.7 Å². The maximum atomic E-state index is 13.5. The number of halogens is 3. The summed E-state index contributed by atoms with van der Waals surface area (Å²) < 4.78 is 45.7. The van der Waals surface area contributed by atoms with Gasteiger partial charge in [0.05, 0.1) is 6.26 Å². The maximum absolute atomic E-state index is 13.5. The average Bonchev–Trinajstić information content (AvgIpc) is 3.43. The van der Waals surface area contributed by atoms with Crippen molar-refractivity contribution in [3.8, 4) is 10.6 Å². The first-order chi connectivity index (χ1) is 14.3. The number of rotatable bonds is 3. The van der Waals surface area contributed by atoms with E-state index in [0.29, 0.717) is 5.56 Å². The van der Waals surface area contributed by atoms with E-state index in [0.717, 1.165) is 11.3 Å². The lowest BCUT2D eigenvalue weighted by Crippen LogP contribution is -2.50. The number of carbonyl (C=O) groups excluding carboxylic acids is 2. The maximum Gasteiger partial charge on any atom is 0.435 e. The second kappa shape index (κ2) is 7.94. The monoisotopic (exact) mass is 435 g/mol. The van der Waals surface area contributed by atoms with E-state index in [1.807, 2.05) is 0 Å². The lowest BCUT2D eigenvalue weighted by atomic mass is 10.2. The first-order valence-electron chi connectivity index (χ1n) is 9.10. The molecule has 0 spiro atoms. The zero-order valence-corrected chi connectivity index (χ0v) is 16.4. The average molecular weight is 435 g/mol. The number of hydrogen-bond donors (Lipinski definition) is 0. The van der Waals surface area contributed by atoms with Gasteiger partial charge in [-0.05, 0) is 12.1 Å². The highest BCUT2D eigenvalue weighted by molar-refractivity contribution is 7.17. The van der Waals surface area contributed by atoms with Gasteiger partial charge in [0.2, 0.25) is 0 Å². The van der Waals surface area contributed by atoms with Crippen molar-refractivity contribution in [1.29, 1.82) is 0 Å². The predicted molar refractivity (Wildman–Crippen MR) is 103 cm³/mol. The van der Waals surface area contributed by atoms with Crippen molar-refractivity contribution >= 4 is 23.2 Å². The lowest BCUT2D eigenvalue weighted by Gasteiger charge is -2.34. The zero-order chi connectivity index (χ0) is 21.3. The Labute approximate surface area is 173 Å². The third-order valence-corrected chi connectivity index (χ3v) is 5.79. The molecule has 1 saturated heterocycles. The number of benzene rings is 1. The van der Waals surface area contributed by atoms with Crippen LogP contribution in [0.3, 0.4) is 0 Å². The largest absolute Gasteiger partial charge is 0.459 e. The fourth-order valence-corrected chi connectivity index (χ4v) is 4.23. The Morgan fingerprint density at radius 3 is 2.13 bits per heavy atom. The van der Waals surface area contributed by atoms with Gasteiger partial charge in [0.1, 0.15) is 9.88 Å². The number of piperazine rings is 1. The minimum atomic E-state index is -4.74. The molecule has 2 amide bonds. The van der Waals surface area contributed by atoms with Gasteiger partial charge in [-0.3, -0.25) is 9.59 Å². The highest BCUT2D eigenvalue weighted by Gasteiger charge is 2.41. The molecule has 0 aliphatic carbocycles. The third kappa shape index (κ3) is 3.95. The molecule has 6 nitrogen and oxygen atoms in total. The van der Waals surface area contributed by atoms with Crippen LogP contribution in [0, 0.1) is 0 Å². The molecule has 4 rings (SSSR count). The summed E-state index contributed by atoms with van der Waals surface area (Å²) >= 11 is 0.728. The van der Waals surface area contributed by atoms with Gasteiger partial charge in [-0.1, -0.05) is 30.3 Å². The van der Waals surface area contributed by atoms with Crippen molar-refractivity contribution in [1.82, 2.24) is 14.8 Å². The van der Waals surface area contributed by atoms with E-state index in [9.17, 15) is 22.8 Å². The number of amides is 2. The van der Waals surface area contributed by atoms with Crippen LogP contribution in [-0.2, 0) is 6.18 Å². The molecule has 0 bridgehead atoms. The van der Waals surface area contributed by atoms with Gasteiger partial charge in [0.15, 0.2) is 11.5 Å². The van der Waals surface area contributed by atoms with Gasteiger partial charge < -0.3 is 14.2 Å². The Hall–Kier alpha value is -3.14. The second-order valence-electron chi connectivity index (χ2n) is 6.62. The van der Waals surface area contributed by atoms with Crippen LogP contribution in [0.5, 0.6) is 0 Å². The molecular weight excluding hydrogens is 419 g/mol. The van der Waals surface area contributed by atoms with Gasteiger partial charge in [-0.2, -0.15) is 13.2 Å². The highest BCUT2D eigenvalue weighted by atomic mass is 32.1. The van der Waals surface area contributed by atoms with Crippen LogP contribution in [-0.4, -0.2) is 52.8 Å². The molecule has 3 aromatic rings. The highest BCUT2D eigenvalue weighted by Crippen LogP contribution is 2.38. The number of nitrogens with zero attached hydrogens (tertiary/aromatic N) is 3. The minimum absolute atomic E-state index is 0.126. The van der Waals surface area contributed by atoms with Crippen LogP contribution in [0.15, 0.2) is 53.1 Å². The number of furan rings is 1. The summed E-state index contributed by atoms with van der Waals surface area (Å²) in [5, 5.41) is 0.137. The Balaban J connectivity index is 1.53. The first-order valence-corrected chi connectivity index (χ1v) is 9.92. The summed E-state index contributed by atoms with van der Waals surface area (Å²) in [6, 6.07) is 11.6. The van der Waals surface area contributed by atoms with Gasteiger partial charge in [-0.15, -0.1) is 11.3 Å². The quantitative estimate of drug-likeness (QED) is 0.623. The molecule has 3 heterocycles. The normalized spacial score (nSPS) is 14.8. The van der Waals surface area contributed by atoms with Gasteiger partial charge >= 0.3 is 6.18 Å². The van der Waals surface area contributed by atoms with Crippen molar-refractivity contribution in [2.75, 3.05) is 26.2 Å². The summed E-state index contributed by atoms with van der Waals surface area (Å²) in [4.78, 5) is 31.3. The van der Waals surface area contributed by atoms with Crippen molar-refractivity contribution < 1.29 is 27.2 Å². The Morgan fingerprint density at radius 2 is 1.57 bits per heavy atom. The molecule has 1 aliphatic heterocycles. The van der Waals surface area contributed by atoms with Gasteiger partial charge in [0.25, 0.3) is 11.8 Å². The molecule has 2 aromatic heterocycles. The van der Waals surface area contributed by atoms with E-state index in [4.69, 9.17) is 4.42 Å². The molecule has 156 valence electrons. The van der Waals surface area contributed by atoms with Crippen LogP contribution in [0.4, 0.5) is 13.2 Å². The summed E-state index contributed by atoms with van der Waals surface area (Å²) in [6.07, 6.45) is -3.36. The summed E-state index contributed by atoms with van der Waals surface area (Å²) in [5.74, 6) is -0.858. The standard InChI is InChI=1S/C20H16F3N3O3S/c21-20(22,23)16-15(30-17(24-16)13-5-2-1-3-6-13)19(28)26-10-8-25(9-11-26)18(27)14-7-4-12-29-14/h1-7,12H,8-11H2. The number of hydrogen-bond acceptors (Lipinski definition) is 5. The third-order valence-electron chi connectivity index (χ3n) is 4.70. The van der Waals surface area contributed by atoms with E-state index in [-0.39, 0.29) is 42.9 Å². The summed E-state index contributed by atoms with van der Waals surface area (Å²) in [5.41, 5.74) is -0.661. The van der Waals surface area contributed by atoms with Crippen LogP contribution in [0.25, 0.3) is 10.6 Å². The van der Waals surface area contributed by atoms with Crippen LogP contribution in [0.2, 0.25) is 0 Å². The molecule has 0 atom stereocenters. The molecule has 0 unspecified atom stereocenters. The van der Waals surface area contributed by atoms with Crippen LogP contribution in [0.1, 0.15) is 25.9 Å². The molecule has 10 heteroatoms. The fourth-order valence-electron chi connectivity index (χ4n) is 3.17. The van der Waals surface area contributed by atoms with Crippen molar-refractivity contribution in [3.05, 3.63) is 65.1 Å². The molecule has 1 fully saturated rings. The van der Waals surface area contributed by atoms with E-state index in [1.54, 1.807) is 36.4 Å². The second-order valence-corrected chi connectivity index (χ2v) is 7.62. The van der Waals surface area contributed by atoms with E-state index in [1.165, 1.54) is 22.1 Å². The van der Waals surface area contributed by atoms with Crippen LogP contribution >= 0.6 is 11.3 Å². The molecule has 0 N–H and O–H groups in total. The summed E-state index contributed by atoms with van der Waals surface area (Å²) in [7, 11) is 0. The predicted octanol–water partition coefficient (Wildman–Crippen LogP) is 4.02. The van der Waals surface area contributed by atoms with Gasteiger partial charge in [0, 0.05) is 31.7 Å². The van der Waals surface area contributed by atoms with Crippen LogP contribution < -0.4 is 0 Å². The van der Waals surface area contributed by atoms with E-state index >= 15 is 0 Å². The minimum Gasteiger partial charge on any atom is -0.459 e. The molecule has 30 heavy (non-hydrogen) atoms.